The van der Waals surface area contributed by atoms with Crippen LogP contribution in [0.2, 0.25) is 0 Å². The first kappa shape index (κ1) is 15.6. The van der Waals surface area contributed by atoms with Gasteiger partial charge in [-0.2, -0.15) is 0 Å². The zero-order valence-corrected chi connectivity index (χ0v) is 14.8. The van der Waals surface area contributed by atoms with E-state index in [1.54, 1.807) is 0 Å². The van der Waals surface area contributed by atoms with E-state index < -0.39 is 0 Å². The number of hydrogen-bond acceptors (Lipinski definition) is 5. The Kier molecular flexibility index (Phi) is 3.97. The molecule has 0 unspecified atom stereocenters. The predicted octanol–water partition coefficient (Wildman–Crippen LogP) is 2.88. The predicted molar refractivity (Wildman–Crippen MR) is 101 cm³/mol. The second kappa shape index (κ2) is 6.61. The van der Waals surface area contributed by atoms with Crippen molar-refractivity contribution in [2.45, 2.75) is 38.8 Å². The first-order valence-corrected chi connectivity index (χ1v) is 9.38. The van der Waals surface area contributed by atoms with Gasteiger partial charge in [0.05, 0.1) is 11.4 Å². The van der Waals surface area contributed by atoms with E-state index in [0.717, 1.165) is 56.2 Å². The van der Waals surface area contributed by atoms with Crippen LogP contribution in [0.25, 0.3) is 11.0 Å². The lowest BCUT2D eigenvalue weighted by Crippen LogP contribution is -2.31. The van der Waals surface area contributed by atoms with E-state index in [0.29, 0.717) is 0 Å². The van der Waals surface area contributed by atoms with Gasteiger partial charge in [-0.15, -0.1) is 0 Å². The largest absolute Gasteiger partial charge is 0.346 e. The first-order chi connectivity index (χ1) is 12.9. The molecule has 0 saturated carbocycles. The van der Waals surface area contributed by atoms with Crippen LogP contribution in [-0.2, 0) is 19.5 Å². The molecule has 0 radical (unpaired) electrons. The average Bonchev–Trinajstić information content (AvgIpc) is 3.11. The summed E-state index contributed by atoms with van der Waals surface area (Å²) in [4.78, 5) is 24.2. The Morgan fingerprint density at radius 2 is 2.15 bits per heavy atom. The summed E-state index contributed by atoms with van der Waals surface area (Å²) in [6.45, 7) is 3.75. The molecule has 0 bridgehead atoms. The molecule has 5 heterocycles. The van der Waals surface area contributed by atoms with Gasteiger partial charge in [0.25, 0.3) is 0 Å². The number of fused-ring (bicyclic) bond motifs is 2. The van der Waals surface area contributed by atoms with Crippen molar-refractivity contribution < 1.29 is 0 Å². The Morgan fingerprint density at radius 1 is 1.15 bits per heavy atom. The van der Waals surface area contributed by atoms with E-state index >= 15 is 0 Å². The monoisotopic (exact) mass is 346 g/mol. The van der Waals surface area contributed by atoms with Crippen molar-refractivity contribution in [3.05, 3.63) is 53.4 Å². The lowest BCUT2D eigenvalue weighted by molar-refractivity contribution is 0.243. The third-order valence-electron chi connectivity index (χ3n) is 5.33. The van der Waals surface area contributed by atoms with E-state index in [9.17, 15) is 0 Å². The van der Waals surface area contributed by atoms with E-state index in [1.807, 2.05) is 18.5 Å². The third kappa shape index (κ3) is 2.90. The summed E-state index contributed by atoms with van der Waals surface area (Å²) >= 11 is 0. The lowest BCUT2D eigenvalue weighted by Gasteiger charge is -2.28. The Balaban J connectivity index is 1.34. The number of aromatic nitrogens is 4. The standard InChI is InChI=1S/C20H22N6/c1-2-7-21-18(5-1)20-24-11-15-13-26(9-6-17(15)25-20)12-14-10-23-19-16(14)4-3-8-22-19/h3-4,8,10-11H,1-2,5-7,9,12-13H2,(H,22,23). The molecule has 0 amide bonds. The maximum atomic E-state index is 4.83. The van der Waals surface area contributed by atoms with E-state index in [1.165, 1.54) is 35.0 Å². The van der Waals surface area contributed by atoms with Crippen LogP contribution in [-0.4, -0.2) is 43.6 Å². The van der Waals surface area contributed by atoms with Crippen molar-refractivity contribution in [1.29, 1.82) is 0 Å². The number of aliphatic imine (C=N–C) groups is 1. The van der Waals surface area contributed by atoms with Crippen molar-refractivity contribution >= 4 is 16.7 Å². The number of H-pyrrole nitrogens is 1. The molecule has 0 spiro atoms. The maximum Gasteiger partial charge on any atom is 0.173 e. The molecule has 2 aliphatic heterocycles. The van der Waals surface area contributed by atoms with Gasteiger partial charge >= 0.3 is 0 Å². The van der Waals surface area contributed by atoms with Crippen LogP contribution >= 0.6 is 0 Å². The van der Waals surface area contributed by atoms with Crippen molar-refractivity contribution in [1.82, 2.24) is 24.8 Å². The Hall–Kier alpha value is -2.60. The number of aromatic amines is 1. The summed E-state index contributed by atoms with van der Waals surface area (Å²) in [7, 11) is 0. The zero-order chi connectivity index (χ0) is 17.3. The SMILES string of the molecule is c1cnc2[nH]cc(CN3CCc4nc(C5=NCCCC5)ncc4C3)c2c1. The zero-order valence-electron chi connectivity index (χ0n) is 14.8. The molecular formula is C20H22N6. The molecule has 0 aliphatic carbocycles. The summed E-state index contributed by atoms with van der Waals surface area (Å²) in [6.07, 6.45) is 10.3. The van der Waals surface area contributed by atoms with E-state index in [2.05, 4.69) is 37.1 Å². The molecule has 0 aromatic carbocycles. The van der Waals surface area contributed by atoms with Crippen LogP contribution in [0.1, 0.15) is 41.9 Å². The maximum absolute atomic E-state index is 4.83. The molecule has 2 aliphatic rings. The second-order valence-electron chi connectivity index (χ2n) is 7.13. The van der Waals surface area contributed by atoms with Gasteiger partial charge in [-0.05, 0) is 37.0 Å². The second-order valence-corrected chi connectivity index (χ2v) is 7.13. The first-order valence-electron chi connectivity index (χ1n) is 9.38. The van der Waals surface area contributed by atoms with Crippen molar-refractivity contribution in [2.75, 3.05) is 13.1 Å². The fourth-order valence-corrected chi connectivity index (χ4v) is 3.91. The minimum Gasteiger partial charge on any atom is -0.346 e. The van der Waals surface area contributed by atoms with Gasteiger partial charge in [0.15, 0.2) is 5.82 Å². The van der Waals surface area contributed by atoms with Gasteiger partial charge in [-0.3, -0.25) is 9.89 Å². The molecule has 0 fully saturated rings. The fourth-order valence-electron chi connectivity index (χ4n) is 3.91. The number of hydrogen-bond donors (Lipinski definition) is 1. The minimum atomic E-state index is 0.847. The fraction of sp³-hybridized carbons (Fsp3) is 0.400. The quantitative estimate of drug-likeness (QED) is 0.792. The van der Waals surface area contributed by atoms with Crippen LogP contribution in [0, 0.1) is 0 Å². The highest BCUT2D eigenvalue weighted by Crippen LogP contribution is 2.23. The molecule has 5 rings (SSSR count). The van der Waals surface area contributed by atoms with Crippen LogP contribution in [0.4, 0.5) is 0 Å². The number of nitrogens with one attached hydrogen (secondary N) is 1. The molecule has 6 heteroatoms. The Labute approximate surface area is 152 Å². The number of nitrogens with zero attached hydrogens (tertiary/aromatic N) is 5. The van der Waals surface area contributed by atoms with Gasteiger partial charge in [-0.25, -0.2) is 15.0 Å². The summed E-state index contributed by atoms with van der Waals surface area (Å²) < 4.78 is 0. The molecule has 0 saturated heterocycles. The number of rotatable bonds is 3. The molecule has 3 aromatic rings. The van der Waals surface area contributed by atoms with Crippen molar-refractivity contribution in [2.24, 2.45) is 4.99 Å². The summed E-state index contributed by atoms with van der Waals surface area (Å²) in [6, 6.07) is 4.13. The average molecular weight is 346 g/mol. The Bertz CT molecular complexity index is 973. The van der Waals surface area contributed by atoms with Crippen LogP contribution in [0.3, 0.4) is 0 Å². The normalized spacial score (nSPS) is 17.9. The molecule has 132 valence electrons. The number of pyridine rings is 1. The summed E-state index contributed by atoms with van der Waals surface area (Å²) in [5.74, 6) is 0.847. The van der Waals surface area contributed by atoms with Gasteiger partial charge in [0, 0.05) is 62.1 Å². The highest BCUT2D eigenvalue weighted by atomic mass is 15.1. The molecule has 1 N–H and O–H groups in total. The van der Waals surface area contributed by atoms with E-state index in [-0.39, 0.29) is 0 Å². The molecule has 0 atom stereocenters. The van der Waals surface area contributed by atoms with Gasteiger partial charge in [0.2, 0.25) is 0 Å². The highest BCUT2D eigenvalue weighted by molar-refractivity contribution is 5.97. The summed E-state index contributed by atoms with van der Waals surface area (Å²) in [5.41, 5.74) is 5.79. The van der Waals surface area contributed by atoms with Crippen molar-refractivity contribution in [3.8, 4) is 0 Å². The topological polar surface area (TPSA) is 70.1 Å². The third-order valence-corrected chi connectivity index (χ3v) is 5.33. The smallest absolute Gasteiger partial charge is 0.173 e. The van der Waals surface area contributed by atoms with Gasteiger partial charge < -0.3 is 4.98 Å². The van der Waals surface area contributed by atoms with Crippen LogP contribution in [0.15, 0.2) is 35.7 Å². The minimum absolute atomic E-state index is 0.847. The van der Waals surface area contributed by atoms with Crippen LogP contribution < -0.4 is 0 Å². The molecule has 6 nitrogen and oxygen atoms in total. The Morgan fingerprint density at radius 3 is 3.08 bits per heavy atom. The van der Waals surface area contributed by atoms with Crippen LogP contribution in [0.5, 0.6) is 0 Å². The molecule has 26 heavy (non-hydrogen) atoms. The lowest BCUT2D eigenvalue weighted by atomic mass is 10.0. The van der Waals surface area contributed by atoms with Gasteiger partial charge in [0.1, 0.15) is 5.65 Å². The van der Waals surface area contributed by atoms with E-state index in [4.69, 9.17) is 4.98 Å². The van der Waals surface area contributed by atoms with Gasteiger partial charge in [-0.1, -0.05) is 0 Å². The highest BCUT2D eigenvalue weighted by Gasteiger charge is 2.21. The molecule has 3 aromatic heterocycles. The summed E-state index contributed by atoms with van der Waals surface area (Å²) in [5, 5.41) is 1.21. The van der Waals surface area contributed by atoms with Crippen molar-refractivity contribution in [3.63, 3.8) is 0 Å². The molecular weight excluding hydrogens is 324 g/mol.